The van der Waals surface area contributed by atoms with Gasteiger partial charge in [0, 0.05) is 12.3 Å². The van der Waals surface area contributed by atoms with Crippen LogP contribution in [0.5, 0.6) is 0 Å². The summed E-state index contributed by atoms with van der Waals surface area (Å²) in [6.45, 7) is 0.0825. The molecule has 2 N–H and O–H groups in total. The van der Waals surface area contributed by atoms with Gasteiger partial charge in [-0.1, -0.05) is 54.6 Å². The van der Waals surface area contributed by atoms with Gasteiger partial charge in [-0.15, -0.1) is 0 Å². The number of amides is 1. The first-order chi connectivity index (χ1) is 14.9. The Labute approximate surface area is 187 Å². The van der Waals surface area contributed by atoms with E-state index < -0.39 is 23.9 Å². The van der Waals surface area contributed by atoms with Crippen LogP contribution >= 0.6 is 15.9 Å². The van der Waals surface area contributed by atoms with E-state index >= 15 is 0 Å². The molecule has 0 heterocycles. The second-order valence-electron chi connectivity index (χ2n) is 7.31. The fourth-order valence-corrected chi connectivity index (χ4v) is 4.13. The fraction of sp³-hybridized carbons (Fsp3) is 0.167. The van der Waals surface area contributed by atoms with Gasteiger partial charge in [-0.2, -0.15) is 0 Å². The quantitative estimate of drug-likeness (QED) is 0.509. The smallest absolute Gasteiger partial charge is 0.407 e. The van der Waals surface area contributed by atoms with Gasteiger partial charge in [0.2, 0.25) is 0 Å². The molecule has 1 aliphatic carbocycles. The topological polar surface area (TPSA) is 75.6 Å². The molecule has 1 aliphatic rings. The maximum atomic E-state index is 13.7. The van der Waals surface area contributed by atoms with Crippen molar-refractivity contribution >= 4 is 28.0 Å². The number of fused-ring (bicyclic) bond motifs is 3. The first kappa shape index (κ1) is 21.1. The lowest BCUT2D eigenvalue weighted by Crippen LogP contribution is -2.42. The number of rotatable bonds is 6. The predicted octanol–water partition coefficient (Wildman–Crippen LogP) is 5.12. The molecule has 0 aliphatic heterocycles. The van der Waals surface area contributed by atoms with Gasteiger partial charge in [0.1, 0.15) is 18.5 Å². The van der Waals surface area contributed by atoms with Gasteiger partial charge in [0.05, 0.1) is 4.47 Å². The van der Waals surface area contributed by atoms with Crippen molar-refractivity contribution in [2.75, 3.05) is 6.61 Å². The van der Waals surface area contributed by atoms with Crippen molar-refractivity contribution < 1.29 is 23.8 Å². The molecule has 0 bridgehead atoms. The third kappa shape index (κ3) is 4.46. The molecule has 0 fully saturated rings. The molecule has 3 aromatic carbocycles. The average molecular weight is 484 g/mol. The van der Waals surface area contributed by atoms with E-state index in [4.69, 9.17) is 4.74 Å². The van der Waals surface area contributed by atoms with E-state index in [1.165, 1.54) is 12.1 Å². The van der Waals surface area contributed by atoms with Gasteiger partial charge in [0.15, 0.2) is 0 Å². The first-order valence-electron chi connectivity index (χ1n) is 9.72. The van der Waals surface area contributed by atoms with E-state index in [-0.39, 0.29) is 23.4 Å². The summed E-state index contributed by atoms with van der Waals surface area (Å²) in [7, 11) is 0. The number of hydrogen-bond donors (Lipinski definition) is 2. The number of ether oxygens (including phenoxy) is 1. The zero-order valence-corrected chi connectivity index (χ0v) is 17.9. The van der Waals surface area contributed by atoms with Gasteiger partial charge in [-0.05, 0) is 55.9 Å². The van der Waals surface area contributed by atoms with Crippen LogP contribution in [0.4, 0.5) is 9.18 Å². The number of hydrogen-bond acceptors (Lipinski definition) is 3. The zero-order valence-electron chi connectivity index (χ0n) is 16.3. The van der Waals surface area contributed by atoms with Crippen LogP contribution in [0.3, 0.4) is 0 Å². The number of halogens is 2. The molecule has 31 heavy (non-hydrogen) atoms. The van der Waals surface area contributed by atoms with Crippen molar-refractivity contribution in [1.82, 2.24) is 5.32 Å². The number of alkyl carbamates (subject to hydrolysis) is 1. The Morgan fingerprint density at radius 1 is 1.03 bits per heavy atom. The standard InChI is InChI=1S/C24H19BrFNO4/c25-20-10-9-14(11-21(20)26)12-22(23(28)29)27-24(30)31-13-19-17-7-3-1-5-15(17)16-6-2-4-8-18(16)19/h1-11,19,22H,12-13H2,(H,27,30)(H,28,29)/t22-/m1/s1. The molecule has 0 aromatic heterocycles. The first-order valence-corrected chi connectivity index (χ1v) is 10.5. The average Bonchev–Trinajstić information content (AvgIpc) is 3.08. The van der Waals surface area contributed by atoms with E-state index in [1.54, 1.807) is 6.07 Å². The second-order valence-corrected chi connectivity index (χ2v) is 8.17. The lowest BCUT2D eigenvalue weighted by molar-refractivity contribution is -0.139. The van der Waals surface area contributed by atoms with Crippen molar-refractivity contribution in [3.05, 3.63) is 93.7 Å². The minimum absolute atomic E-state index is 0.0657. The molecule has 1 amide bonds. The lowest BCUT2D eigenvalue weighted by Gasteiger charge is -2.17. The minimum Gasteiger partial charge on any atom is -0.480 e. The van der Waals surface area contributed by atoms with Crippen molar-refractivity contribution in [2.45, 2.75) is 18.4 Å². The molecule has 0 saturated carbocycles. The molecule has 5 nitrogen and oxygen atoms in total. The van der Waals surface area contributed by atoms with E-state index in [0.29, 0.717) is 5.56 Å². The van der Waals surface area contributed by atoms with Gasteiger partial charge in [-0.25, -0.2) is 14.0 Å². The number of benzene rings is 3. The largest absolute Gasteiger partial charge is 0.480 e. The Morgan fingerprint density at radius 2 is 1.65 bits per heavy atom. The van der Waals surface area contributed by atoms with E-state index in [2.05, 4.69) is 21.2 Å². The van der Waals surface area contributed by atoms with Crippen LogP contribution in [-0.2, 0) is 16.0 Å². The summed E-state index contributed by atoms with van der Waals surface area (Å²) in [6.07, 6.45) is -0.893. The van der Waals surface area contributed by atoms with Gasteiger partial charge < -0.3 is 15.2 Å². The summed E-state index contributed by atoms with van der Waals surface area (Å²) in [6, 6.07) is 19.0. The van der Waals surface area contributed by atoms with Crippen molar-refractivity contribution in [1.29, 1.82) is 0 Å². The normalized spacial score (nSPS) is 13.2. The predicted molar refractivity (Wildman–Crippen MR) is 117 cm³/mol. The molecule has 158 valence electrons. The van der Waals surface area contributed by atoms with E-state index in [0.717, 1.165) is 22.3 Å². The summed E-state index contributed by atoms with van der Waals surface area (Å²) < 4.78 is 19.4. The third-order valence-electron chi connectivity index (χ3n) is 5.36. The number of carbonyl (C=O) groups excluding carboxylic acids is 1. The van der Waals surface area contributed by atoms with Crippen LogP contribution in [0.2, 0.25) is 0 Å². The number of nitrogens with one attached hydrogen (secondary N) is 1. The van der Waals surface area contributed by atoms with Gasteiger partial charge in [-0.3, -0.25) is 0 Å². The molecule has 3 aromatic rings. The molecular formula is C24H19BrFNO4. The van der Waals surface area contributed by atoms with Crippen molar-refractivity contribution in [2.24, 2.45) is 0 Å². The van der Waals surface area contributed by atoms with Crippen molar-refractivity contribution in [3.8, 4) is 11.1 Å². The van der Waals surface area contributed by atoms with Gasteiger partial charge in [0.25, 0.3) is 0 Å². The van der Waals surface area contributed by atoms with Crippen LogP contribution < -0.4 is 5.32 Å². The third-order valence-corrected chi connectivity index (χ3v) is 6.00. The molecule has 0 unspecified atom stereocenters. The summed E-state index contributed by atoms with van der Waals surface area (Å²) in [5, 5.41) is 11.9. The summed E-state index contributed by atoms with van der Waals surface area (Å²) in [5.74, 6) is -1.85. The SMILES string of the molecule is O=C(N[C@H](Cc1ccc(Br)c(F)c1)C(=O)O)OCC1c2ccccc2-c2ccccc21. The van der Waals surface area contributed by atoms with E-state index in [1.807, 2.05) is 48.5 Å². The highest BCUT2D eigenvalue weighted by atomic mass is 79.9. The van der Waals surface area contributed by atoms with Crippen LogP contribution in [-0.4, -0.2) is 29.8 Å². The fourth-order valence-electron chi connectivity index (χ4n) is 3.88. The Bertz CT molecular complexity index is 1100. The number of aliphatic carboxylic acids is 1. The molecule has 0 radical (unpaired) electrons. The van der Waals surface area contributed by atoms with Crippen LogP contribution in [0.15, 0.2) is 71.2 Å². The number of carboxylic acid groups (broad SMARTS) is 1. The van der Waals surface area contributed by atoms with Crippen LogP contribution in [0.1, 0.15) is 22.6 Å². The monoisotopic (exact) mass is 483 g/mol. The lowest BCUT2D eigenvalue weighted by atomic mass is 9.98. The summed E-state index contributed by atoms with van der Waals surface area (Å²) in [5.41, 5.74) is 4.79. The maximum absolute atomic E-state index is 13.7. The summed E-state index contributed by atoms with van der Waals surface area (Å²) in [4.78, 5) is 24.0. The molecule has 7 heteroatoms. The van der Waals surface area contributed by atoms with Crippen molar-refractivity contribution in [3.63, 3.8) is 0 Å². The highest BCUT2D eigenvalue weighted by Crippen LogP contribution is 2.44. The second kappa shape index (κ2) is 8.89. The minimum atomic E-state index is -1.24. The Kier molecular flexibility index (Phi) is 6.04. The molecule has 0 saturated heterocycles. The Balaban J connectivity index is 1.43. The Morgan fingerprint density at radius 3 is 2.23 bits per heavy atom. The molecule has 0 spiro atoms. The van der Waals surface area contributed by atoms with Crippen LogP contribution in [0, 0.1) is 5.82 Å². The number of carbonyl (C=O) groups is 2. The highest BCUT2D eigenvalue weighted by molar-refractivity contribution is 9.10. The highest BCUT2D eigenvalue weighted by Gasteiger charge is 2.29. The number of carboxylic acids is 1. The van der Waals surface area contributed by atoms with E-state index in [9.17, 15) is 19.1 Å². The summed E-state index contributed by atoms with van der Waals surface area (Å²) >= 11 is 3.06. The Hall–Kier alpha value is -3.19. The zero-order chi connectivity index (χ0) is 22.0. The maximum Gasteiger partial charge on any atom is 0.407 e. The molecule has 4 rings (SSSR count). The molecular weight excluding hydrogens is 465 g/mol. The molecule has 1 atom stereocenters. The van der Waals surface area contributed by atoms with Crippen LogP contribution in [0.25, 0.3) is 11.1 Å². The van der Waals surface area contributed by atoms with Gasteiger partial charge >= 0.3 is 12.1 Å².